The lowest BCUT2D eigenvalue weighted by Gasteiger charge is -2.40. The molecule has 2 aromatic carbocycles. The number of nitrogens with one attached hydrogen (secondary N) is 1. The molecule has 0 bridgehead atoms. The Morgan fingerprint density at radius 2 is 1.84 bits per heavy atom. The van der Waals surface area contributed by atoms with Gasteiger partial charge in [0.2, 0.25) is 5.91 Å². The van der Waals surface area contributed by atoms with Crippen molar-refractivity contribution < 1.29 is 4.79 Å². The zero-order valence-electron chi connectivity index (χ0n) is 14.7. The lowest BCUT2D eigenvalue weighted by atomic mass is 9.75. The van der Waals surface area contributed by atoms with Gasteiger partial charge in [0.1, 0.15) is 5.66 Å². The minimum Gasteiger partial charge on any atom is -0.335 e. The fourth-order valence-corrected chi connectivity index (χ4v) is 4.48. The summed E-state index contributed by atoms with van der Waals surface area (Å²) in [6.45, 7) is 4.81. The Kier molecular flexibility index (Phi) is 3.69. The van der Waals surface area contributed by atoms with Crippen LogP contribution in [-0.2, 0) is 10.2 Å². The molecule has 0 aliphatic carbocycles. The summed E-state index contributed by atoms with van der Waals surface area (Å²) in [5, 5.41) is 3.26. The fraction of sp³-hybridized carbons (Fsp3) is 0.286. The number of para-hydroxylation sites is 1. The van der Waals surface area contributed by atoms with Gasteiger partial charge in [-0.15, -0.1) is 11.8 Å². The first-order valence-electron chi connectivity index (χ1n) is 8.49. The number of anilines is 1. The predicted molar refractivity (Wildman–Crippen MR) is 105 cm³/mol. The molecule has 4 rings (SSSR count). The van der Waals surface area contributed by atoms with Gasteiger partial charge in [0.05, 0.1) is 6.54 Å². The molecule has 1 amide bonds. The van der Waals surface area contributed by atoms with Gasteiger partial charge in [0.15, 0.2) is 0 Å². The Morgan fingerprint density at radius 1 is 1.12 bits per heavy atom. The topological polar surface area (TPSA) is 32.3 Å². The first-order chi connectivity index (χ1) is 12.0. The minimum atomic E-state index is -0.522. The van der Waals surface area contributed by atoms with Crippen molar-refractivity contribution in [3.05, 3.63) is 65.7 Å². The van der Waals surface area contributed by atoms with E-state index in [0.717, 1.165) is 11.3 Å². The summed E-state index contributed by atoms with van der Waals surface area (Å²) in [6, 6.07) is 16.9. The number of rotatable bonds is 3. The van der Waals surface area contributed by atoms with E-state index in [1.54, 1.807) is 11.8 Å². The van der Waals surface area contributed by atoms with E-state index < -0.39 is 5.66 Å². The largest absolute Gasteiger partial charge is 0.335 e. The first kappa shape index (κ1) is 16.3. The van der Waals surface area contributed by atoms with E-state index in [9.17, 15) is 4.79 Å². The molecule has 1 atom stereocenters. The molecule has 128 valence electrons. The molecule has 1 saturated heterocycles. The maximum absolute atomic E-state index is 12.3. The summed E-state index contributed by atoms with van der Waals surface area (Å²) in [7, 11) is 0. The van der Waals surface area contributed by atoms with Gasteiger partial charge in [-0.3, -0.25) is 4.79 Å². The van der Waals surface area contributed by atoms with Crippen LogP contribution in [0, 0.1) is 0 Å². The van der Waals surface area contributed by atoms with E-state index >= 15 is 0 Å². The third-order valence-electron chi connectivity index (χ3n) is 5.51. The maximum atomic E-state index is 12.3. The quantitative estimate of drug-likeness (QED) is 0.848. The van der Waals surface area contributed by atoms with E-state index in [1.807, 2.05) is 6.07 Å². The number of amides is 1. The monoisotopic (exact) mass is 350 g/mol. The lowest BCUT2D eigenvalue weighted by Crippen LogP contribution is -2.58. The number of hydrogen-bond acceptors (Lipinski definition) is 3. The molecule has 0 spiro atoms. The highest BCUT2D eigenvalue weighted by molar-refractivity contribution is 7.98. The number of nitrogens with zero attached hydrogens (tertiary/aromatic N) is 1. The minimum absolute atomic E-state index is 0.0740. The van der Waals surface area contributed by atoms with Crippen LogP contribution in [0.15, 0.2) is 59.5 Å². The molecule has 1 fully saturated rings. The number of benzene rings is 2. The van der Waals surface area contributed by atoms with Crippen molar-refractivity contribution in [1.29, 1.82) is 0 Å². The number of hydrogen-bond donors (Lipinski definition) is 1. The summed E-state index contributed by atoms with van der Waals surface area (Å²) in [6.07, 6.45) is 6.36. The van der Waals surface area contributed by atoms with Crippen molar-refractivity contribution in [2.75, 3.05) is 17.7 Å². The van der Waals surface area contributed by atoms with E-state index in [2.05, 4.69) is 84.9 Å². The maximum Gasteiger partial charge on any atom is 0.241 e. The standard InChI is InChI=1S/C21H22N2OS/c1-20(2)17-6-4-5-7-18(17)23-14-19(24)22-21(20,23)13-12-15-8-10-16(25-3)11-9-15/h4-13H,14H2,1-3H3,(H,22,24)/b13-12+/t21-/m0/s1. The molecule has 2 aliphatic heterocycles. The summed E-state index contributed by atoms with van der Waals surface area (Å²) in [5.74, 6) is 0.0740. The Bertz CT molecular complexity index is 856. The highest BCUT2D eigenvalue weighted by Gasteiger charge is 2.59. The van der Waals surface area contributed by atoms with E-state index in [0.29, 0.717) is 6.54 Å². The summed E-state index contributed by atoms with van der Waals surface area (Å²) < 4.78 is 0. The molecule has 2 aliphatic rings. The van der Waals surface area contributed by atoms with Gasteiger partial charge in [0.25, 0.3) is 0 Å². The van der Waals surface area contributed by atoms with Gasteiger partial charge in [0, 0.05) is 16.0 Å². The zero-order chi connectivity index (χ0) is 17.7. The van der Waals surface area contributed by atoms with Crippen molar-refractivity contribution in [2.45, 2.75) is 29.8 Å². The van der Waals surface area contributed by atoms with E-state index in [-0.39, 0.29) is 11.3 Å². The van der Waals surface area contributed by atoms with Gasteiger partial charge < -0.3 is 10.2 Å². The average molecular weight is 350 g/mol. The number of thioether (sulfide) groups is 1. The van der Waals surface area contributed by atoms with Gasteiger partial charge in [-0.05, 0) is 41.7 Å². The van der Waals surface area contributed by atoms with Crippen LogP contribution in [0.5, 0.6) is 0 Å². The SMILES string of the molecule is CSc1ccc(/C=C/[C@]23NC(=O)CN2c2ccccc2C3(C)C)cc1. The number of carbonyl (C=O) groups excluding carboxylic acids is 1. The molecule has 1 N–H and O–H groups in total. The van der Waals surface area contributed by atoms with Crippen molar-refractivity contribution in [1.82, 2.24) is 5.32 Å². The van der Waals surface area contributed by atoms with Crippen LogP contribution < -0.4 is 10.2 Å². The van der Waals surface area contributed by atoms with Gasteiger partial charge >= 0.3 is 0 Å². The Balaban J connectivity index is 1.78. The molecule has 0 saturated carbocycles. The highest BCUT2D eigenvalue weighted by Crippen LogP contribution is 2.52. The molecule has 25 heavy (non-hydrogen) atoms. The normalized spacial score (nSPS) is 23.6. The Hall–Kier alpha value is -2.20. The molecule has 0 aromatic heterocycles. The third-order valence-corrected chi connectivity index (χ3v) is 6.25. The van der Waals surface area contributed by atoms with Crippen LogP contribution in [0.1, 0.15) is 25.0 Å². The molecule has 3 nitrogen and oxygen atoms in total. The van der Waals surface area contributed by atoms with Gasteiger partial charge in [-0.2, -0.15) is 0 Å². The molecule has 2 heterocycles. The highest BCUT2D eigenvalue weighted by atomic mass is 32.2. The van der Waals surface area contributed by atoms with Crippen LogP contribution in [0.25, 0.3) is 6.08 Å². The van der Waals surface area contributed by atoms with Crippen molar-refractivity contribution in [2.24, 2.45) is 0 Å². The van der Waals surface area contributed by atoms with Crippen molar-refractivity contribution in [3.8, 4) is 0 Å². The van der Waals surface area contributed by atoms with Crippen LogP contribution in [0.3, 0.4) is 0 Å². The van der Waals surface area contributed by atoms with Crippen molar-refractivity contribution >= 4 is 29.4 Å². The molecule has 4 heteroatoms. The van der Waals surface area contributed by atoms with Crippen LogP contribution >= 0.6 is 11.8 Å². The zero-order valence-corrected chi connectivity index (χ0v) is 15.6. The Labute approximate surface area is 153 Å². The molecular formula is C21H22N2OS. The predicted octanol–water partition coefficient (Wildman–Crippen LogP) is 4.05. The van der Waals surface area contributed by atoms with Crippen molar-refractivity contribution in [3.63, 3.8) is 0 Å². The van der Waals surface area contributed by atoms with Gasteiger partial charge in [-0.25, -0.2) is 0 Å². The van der Waals surface area contributed by atoms with E-state index in [1.165, 1.54) is 10.5 Å². The summed E-state index contributed by atoms with van der Waals surface area (Å²) >= 11 is 1.74. The molecular weight excluding hydrogens is 328 g/mol. The van der Waals surface area contributed by atoms with Crippen LogP contribution in [-0.4, -0.2) is 24.4 Å². The fourth-order valence-electron chi connectivity index (χ4n) is 4.07. The number of carbonyl (C=O) groups is 1. The summed E-state index contributed by atoms with van der Waals surface area (Å²) in [4.78, 5) is 15.7. The second-order valence-electron chi connectivity index (χ2n) is 7.15. The second-order valence-corrected chi connectivity index (χ2v) is 8.03. The molecule has 0 unspecified atom stereocenters. The third kappa shape index (κ3) is 2.31. The molecule has 2 aromatic rings. The summed E-state index contributed by atoms with van der Waals surface area (Å²) in [5.41, 5.74) is 2.82. The molecule has 0 radical (unpaired) electrons. The van der Waals surface area contributed by atoms with Gasteiger partial charge in [-0.1, -0.05) is 50.3 Å². The smallest absolute Gasteiger partial charge is 0.241 e. The Morgan fingerprint density at radius 3 is 2.56 bits per heavy atom. The van der Waals surface area contributed by atoms with Crippen LogP contribution in [0.2, 0.25) is 0 Å². The number of fused-ring (bicyclic) bond motifs is 3. The average Bonchev–Trinajstić information content (AvgIpc) is 3.05. The van der Waals surface area contributed by atoms with Crippen LogP contribution in [0.4, 0.5) is 5.69 Å². The van der Waals surface area contributed by atoms with E-state index in [4.69, 9.17) is 0 Å². The lowest BCUT2D eigenvalue weighted by molar-refractivity contribution is -0.118. The second kappa shape index (κ2) is 5.67. The first-order valence-corrected chi connectivity index (χ1v) is 9.72.